The van der Waals surface area contributed by atoms with E-state index in [1.54, 1.807) is 0 Å². The fourth-order valence-electron chi connectivity index (χ4n) is 3.48. The highest BCUT2D eigenvalue weighted by atomic mass is 16.6. The van der Waals surface area contributed by atoms with E-state index in [4.69, 9.17) is 4.74 Å². The molecule has 2 fully saturated rings. The number of cyclic esters (lactones) is 1. The molecule has 0 saturated carbocycles. The second-order valence-corrected chi connectivity index (χ2v) is 6.65. The summed E-state index contributed by atoms with van der Waals surface area (Å²) in [6.45, 7) is 4.13. The Hall–Kier alpha value is -2.80. The Bertz CT molecular complexity index is 812. The van der Waals surface area contributed by atoms with Gasteiger partial charge in [0.05, 0.1) is 12.2 Å². The van der Waals surface area contributed by atoms with Crippen molar-refractivity contribution in [1.82, 2.24) is 15.1 Å². The minimum atomic E-state index is -0.344. The summed E-state index contributed by atoms with van der Waals surface area (Å²) >= 11 is 0. The second kappa shape index (κ2) is 7.21. The molecule has 7 heteroatoms. The Labute approximate surface area is 151 Å². The molecule has 2 N–H and O–H groups in total. The lowest BCUT2D eigenvalue weighted by atomic mass is 10.1. The number of amides is 3. The second-order valence-electron chi connectivity index (χ2n) is 6.65. The van der Waals surface area contributed by atoms with Gasteiger partial charge in [-0.3, -0.25) is 4.90 Å². The molecule has 0 bridgehead atoms. The fourth-order valence-corrected chi connectivity index (χ4v) is 3.48. The highest BCUT2D eigenvalue weighted by Crippen LogP contribution is 2.23. The van der Waals surface area contributed by atoms with E-state index in [0.717, 1.165) is 29.5 Å². The molecule has 0 spiro atoms. The molecule has 26 heavy (non-hydrogen) atoms. The summed E-state index contributed by atoms with van der Waals surface area (Å²) in [4.78, 5) is 27.8. The summed E-state index contributed by atoms with van der Waals surface area (Å²) in [5.74, 6) is 0. The van der Waals surface area contributed by atoms with Crippen LogP contribution in [-0.2, 0) is 4.74 Å². The summed E-state index contributed by atoms with van der Waals surface area (Å²) in [7, 11) is 0. The van der Waals surface area contributed by atoms with Crippen molar-refractivity contribution in [3.05, 3.63) is 42.5 Å². The van der Waals surface area contributed by atoms with Crippen molar-refractivity contribution >= 4 is 28.6 Å². The van der Waals surface area contributed by atoms with E-state index in [0.29, 0.717) is 26.2 Å². The van der Waals surface area contributed by atoms with Gasteiger partial charge in [-0.2, -0.15) is 0 Å². The van der Waals surface area contributed by atoms with E-state index >= 15 is 0 Å². The molecular formula is C19H22N4O3. The molecule has 2 aliphatic rings. The van der Waals surface area contributed by atoms with Crippen molar-refractivity contribution in [3.63, 3.8) is 0 Å². The first-order valence-corrected chi connectivity index (χ1v) is 8.89. The van der Waals surface area contributed by atoms with Gasteiger partial charge >= 0.3 is 12.1 Å². The van der Waals surface area contributed by atoms with E-state index < -0.39 is 0 Å². The van der Waals surface area contributed by atoms with Gasteiger partial charge < -0.3 is 20.3 Å². The SMILES string of the molecule is O=C1NCC(CN2CCN(C(=O)Nc3cccc4ccccc34)CC2)O1. The molecule has 7 nitrogen and oxygen atoms in total. The van der Waals surface area contributed by atoms with Gasteiger partial charge in [-0.15, -0.1) is 0 Å². The van der Waals surface area contributed by atoms with E-state index in [-0.39, 0.29) is 18.2 Å². The number of fused-ring (bicyclic) bond motifs is 1. The molecule has 136 valence electrons. The third-order valence-electron chi connectivity index (χ3n) is 4.90. The molecule has 2 saturated heterocycles. The number of nitrogens with zero attached hydrogens (tertiary/aromatic N) is 2. The first-order chi connectivity index (χ1) is 12.7. The number of hydrogen-bond acceptors (Lipinski definition) is 4. The maximum absolute atomic E-state index is 12.6. The summed E-state index contributed by atoms with van der Waals surface area (Å²) in [6.07, 6.45) is -0.443. The van der Waals surface area contributed by atoms with Crippen LogP contribution in [0.4, 0.5) is 15.3 Å². The van der Waals surface area contributed by atoms with Crippen LogP contribution in [0.2, 0.25) is 0 Å². The predicted molar refractivity (Wildman–Crippen MR) is 99.3 cm³/mol. The first-order valence-electron chi connectivity index (χ1n) is 8.89. The minimum absolute atomic E-state index is 0.0741. The summed E-state index contributed by atoms with van der Waals surface area (Å²) in [5.41, 5.74) is 0.833. The standard InChI is InChI=1S/C19H22N4O3/c24-18(21-17-7-3-5-14-4-1-2-6-16(14)17)23-10-8-22(9-11-23)13-15-12-20-19(25)26-15/h1-7,15H,8-13H2,(H,20,25)(H,21,24). The Morgan fingerprint density at radius 2 is 1.88 bits per heavy atom. The molecule has 2 heterocycles. The van der Waals surface area contributed by atoms with Crippen LogP contribution in [0.1, 0.15) is 0 Å². The molecule has 2 aromatic carbocycles. The molecule has 2 aromatic rings. The quantitative estimate of drug-likeness (QED) is 0.885. The third kappa shape index (κ3) is 3.57. The predicted octanol–water partition coefficient (Wildman–Crippen LogP) is 2.10. The van der Waals surface area contributed by atoms with Crippen molar-refractivity contribution in [2.45, 2.75) is 6.10 Å². The topological polar surface area (TPSA) is 73.9 Å². The van der Waals surface area contributed by atoms with Gasteiger partial charge in [0.2, 0.25) is 0 Å². The highest BCUT2D eigenvalue weighted by Gasteiger charge is 2.27. The Morgan fingerprint density at radius 1 is 1.12 bits per heavy atom. The van der Waals surface area contributed by atoms with Gasteiger partial charge in [-0.25, -0.2) is 9.59 Å². The lowest BCUT2D eigenvalue weighted by Gasteiger charge is -2.35. The number of piperazine rings is 1. The Morgan fingerprint density at radius 3 is 2.65 bits per heavy atom. The van der Waals surface area contributed by atoms with E-state index in [1.807, 2.05) is 47.4 Å². The van der Waals surface area contributed by atoms with Gasteiger partial charge in [0.15, 0.2) is 0 Å². The van der Waals surface area contributed by atoms with Crippen LogP contribution < -0.4 is 10.6 Å². The fraction of sp³-hybridized carbons (Fsp3) is 0.368. The maximum atomic E-state index is 12.6. The summed E-state index contributed by atoms with van der Waals surface area (Å²) in [6, 6.07) is 13.9. The average Bonchev–Trinajstić information content (AvgIpc) is 3.07. The Balaban J connectivity index is 1.33. The van der Waals surface area contributed by atoms with E-state index in [2.05, 4.69) is 15.5 Å². The minimum Gasteiger partial charge on any atom is -0.443 e. The van der Waals surface area contributed by atoms with Crippen molar-refractivity contribution in [2.24, 2.45) is 0 Å². The molecule has 0 aliphatic carbocycles. The van der Waals surface area contributed by atoms with Crippen LogP contribution in [0.3, 0.4) is 0 Å². The number of rotatable bonds is 3. The number of hydrogen-bond donors (Lipinski definition) is 2. The monoisotopic (exact) mass is 354 g/mol. The van der Waals surface area contributed by atoms with Crippen LogP contribution in [0.15, 0.2) is 42.5 Å². The number of alkyl carbamates (subject to hydrolysis) is 1. The van der Waals surface area contributed by atoms with Crippen molar-refractivity contribution < 1.29 is 14.3 Å². The molecule has 4 rings (SSSR count). The molecule has 0 aromatic heterocycles. The first kappa shape index (κ1) is 16.7. The van der Waals surface area contributed by atoms with Crippen LogP contribution >= 0.6 is 0 Å². The van der Waals surface area contributed by atoms with Gasteiger partial charge in [-0.05, 0) is 11.5 Å². The van der Waals surface area contributed by atoms with Crippen molar-refractivity contribution in [1.29, 1.82) is 0 Å². The Kier molecular flexibility index (Phi) is 4.62. The number of carbonyl (C=O) groups excluding carboxylic acids is 2. The number of benzene rings is 2. The molecule has 3 amide bonds. The summed E-state index contributed by atoms with van der Waals surface area (Å²) in [5, 5.41) is 7.85. The van der Waals surface area contributed by atoms with Crippen LogP contribution in [-0.4, -0.2) is 67.3 Å². The smallest absolute Gasteiger partial charge is 0.407 e. The zero-order valence-corrected chi connectivity index (χ0v) is 14.5. The lowest BCUT2D eigenvalue weighted by Crippen LogP contribution is -2.51. The van der Waals surface area contributed by atoms with Crippen LogP contribution in [0.5, 0.6) is 0 Å². The molecule has 0 radical (unpaired) electrons. The van der Waals surface area contributed by atoms with Crippen molar-refractivity contribution in [3.8, 4) is 0 Å². The molecular weight excluding hydrogens is 332 g/mol. The molecule has 1 atom stereocenters. The van der Waals surface area contributed by atoms with E-state index in [1.165, 1.54) is 0 Å². The lowest BCUT2D eigenvalue weighted by molar-refractivity contribution is 0.0862. The molecule has 2 aliphatic heterocycles. The number of ether oxygens (including phenoxy) is 1. The van der Waals surface area contributed by atoms with Gasteiger partial charge in [0.1, 0.15) is 6.10 Å². The number of nitrogens with one attached hydrogen (secondary N) is 2. The van der Waals surface area contributed by atoms with Gasteiger partial charge in [0, 0.05) is 38.1 Å². The third-order valence-corrected chi connectivity index (χ3v) is 4.90. The zero-order valence-electron chi connectivity index (χ0n) is 14.5. The van der Waals surface area contributed by atoms with Crippen molar-refractivity contribution in [2.75, 3.05) is 44.6 Å². The number of urea groups is 1. The number of carbonyl (C=O) groups is 2. The van der Waals surface area contributed by atoms with Crippen LogP contribution in [0.25, 0.3) is 10.8 Å². The highest BCUT2D eigenvalue weighted by molar-refractivity contribution is 6.01. The van der Waals surface area contributed by atoms with Gasteiger partial charge in [-0.1, -0.05) is 36.4 Å². The largest absolute Gasteiger partial charge is 0.443 e. The maximum Gasteiger partial charge on any atom is 0.407 e. The normalized spacial score (nSPS) is 20.7. The molecule has 1 unspecified atom stereocenters. The zero-order chi connectivity index (χ0) is 17.9. The van der Waals surface area contributed by atoms with Gasteiger partial charge in [0.25, 0.3) is 0 Å². The summed E-state index contributed by atoms with van der Waals surface area (Å²) < 4.78 is 5.17. The van der Waals surface area contributed by atoms with E-state index in [9.17, 15) is 9.59 Å². The number of anilines is 1. The van der Waals surface area contributed by atoms with Crippen LogP contribution in [0, 0.1) is 0 Å². The average molecular weight is 354 g/mol.